The first-order chi connectivity index (χ1) is 11.0. The smallest absolute Gasteiger partial charge is 0.322 e. The van der Waals surface area contributed by atoms with Crippen LogP contribution in [-0.4, -0.2) is 54.3 Å². The van der Waals surface area contributed by atoms with E-state index in [4.69, 9.17) is 0 Å². The van der Waals surface area contributed by atoms with E-state index in [9.17, 15) is 18.8 Å². The van der Waals surface area contributed by atoms with Crippen molar-refractivity contribution >= 4 is 23.5 Å². The predicted molar refractivity (Wildman–Crippen MR) is 80.2 cm³/mol. The monoisotopic (exact) mass is 320 g/mol. The molecule has 2 aliphatic heterocycles. The fraction of sp³-hybridized carbons (Fsp3) is 0.400. The van der Waals surface area contributed by atoms with Crippen molar-refractivity contribution in [3.05, 3.63) is 29.1 Å². The lowest BCUT2D eigenvalue weighted by molar-refractivity contribution is -0.129. The number of hydrogen-bond donors (Lipinski definition) is 2. The summed E-state index contributed by atoms with van der Waals surface area (Å²) in [5, 5.41) is 5.59. The van der Waals surface area contributed by atoms with Gasteiger partial charge in [0, 0.05) is 13.6 Å². The number of rotatable bonds is 3. The molecule has 0 bridgehead atoms. The van der Waals surface area contributed by atoms with Gasteiger partial charge in [-0.15, -0.1) is 0 Å². The van der Waals surface area contributed by atoms with Crippen molar-refractivity contribution in [3.8, 4) is 0 Å². The highest BCUT2D eigenvalue weighted by atomic mass is 19.1. The first kappa shape index (κ1) is 15.4. The predicted octanol–water partition coefficient (Wildman–Crippen LogP) is 0.304. The highest BCUT2D eigenvalue weighted by molar-refractivity contribution is 6.06. The molecule has 1 saturated heterocycles. The van der Waals surface area contributed by atoms with Crippen LogP contribution in [0.4, 0.5) is 14.9 Å². The van der Waals surface area contributed by atoms with Crippen LogP contribution in [0, 0.1) is 5.82 Å². The fourth-order valence-electron chi connectivity index (χ4n) is 2.79. The lowest BCUT2D eigenvalue weighted by atomic mass is 9.99. The number of likely N-dealkylation sites (N-methyl/N-ethyl adjacent to an activating group) is 1. The minimum Gasteiger partial charge on any atom is -0.322 e. The average molecular weight is 320 g/mol. The van der Waals surface area contributed by atoms with Gasteiger partial charge in [0.1, 0.15) is 18.9 Å². The first-order valence-corrected chi connectivity index (χ1v) is 7.33. The van der Waals surface area contributed by atoms with Crippen molar-refractivity contribution < 1.29 is 18.8 Å². The molecule has 1 fully saturated rings. The summed E-state index contributed by atoms with van der Waals surface area (Å²) in [6.45, 7) is 0.820. The summed E-state index contributed by atoms with van der Waals surface area (Å²) < 4.78 is 14.4. The Balaban J connectivity index is 1.71. The quantitative estimate of drug-likeness (QED) is 0.785. The van der Waals surface area contributed by atoms with Crippen LogP contribution < -0.4 is 10.6 Å². The zero-order valence-corrected chi connectivity index (χ0v) is 12.7. The number of carbonyl (C=O) groups is 3. The molecular weight excluding hydrogens is 303 g/mol. The third-order valence-electron chi connectivity index (χ3n) is 4.01. The number of carbonyl (C=O) groups excluding carboxylic acids is 3. The number of imide groups is 1. The van der Waals surface area contributed by atoms with Crippen LogP contribution in [0.15, 0.2) is 12.1 Å². The maximum atomic E-state index is 14.4. The SMILES string of the molecule is CN1CC(=O)N(CC(=O)Nc2ccc3c(c2F)CCNC3)C1=O. The highest BCUT2D eigenvalue weighted by Crippen LogP contribution is 2.24. The van der Waals surface area contributed by atoms with Gasteiger partial charge in [-0.2, -0.15) is 0 Å². The molecule has 4 amide bonds. The minimum absolute atomic E-state index is 0.0493. The number of hydrogen-bond acceptors (Lipinski definition) is 4. The van der Waals surface area contributed by atoms with Gasteiger partial charge in [0.15, 0.2) is 0 Å². The van der Waals surface area contributed by atoms with Crippen LogP contribution in [0.1, 0.15) is 11.1 Å². The van der Waals surface area contributed by atoms with Gasteiger partial charge >= 0.3 is 6.03 Å². The number of benzene rings is 1. The standard InChI is InChI=1S/C15H17FN4O3/c1-19-8-13(22)20(15(19)23)7-12(21)18-11-3-2-9-6-17-5-4-10(9)14(11)16/h2-3,17H,4-8H2,1H3,(H,18,21). The summed E-state index contributed by atoms with van der Waals surface area (Å²) in [7, 11) is 1.48. The summed E-state index contributed by atoms with van der Waals surface area (Å²) in [5.41, 5.74) is 1.54. The molecule has 0 aromatic heterocycles. The maximum absolute atomic E-state index is 14.4. The van der Waals surface area contributed by atoms with Crippen molar-refractivity contribution in [2.45, 2.75) is 13.0 Å². The normalized spacial score (nSPS) is 17.5. The highest BCUT2D eigenvalue weighted by Gasteiger charge is 2.34. The minimum atomic E-state index is -0.602. The largest absolute Gasteiger partial charge is 0.327 e. The Morgan fingerprint density at radius 1 is 1.39 bits per heavy atom. The summed E-state index contributed by atoms with van der Waals surface area (Å²) >= 11 is 0. The van der Waals surface area contributed by atoms with E-state index >= 15 is 0 Å². The van der Waals surface area contributed by atoms with Gasteiger partial charge in [0.05, 0.1) is 5.69 Å². The van der Waals surface area contributed by atoms with E-state index in [1.807, 2.05) is 0 Å². The molecule has 0 atom stereocenters. The molecule has 8 heteroatoms. The molecule has 0 spiro atoms. The molecular formula is C15H17FN4O3. The number of nitrogens with one attached hydrogen (secondary N) is 2. The van der Waals surface area contributed by atoms with Gasteiger partial charge in [-0.3, -0.25) is 14.5 Å². The summed E-state index contributed by atoms with van der Waals surface area (Å²) in [6, 6.07) is 2.74. The summed E-state index contributed by atoms with van der Waals surface area (Å²) in [5.74, 6) is -1.49. The van der Waals surface area contributed by atoms with Crippen molar-refractivity contribution in [2.75, 3.05) is 32.0 Å². The number of nitrogens with zero attached hydrogens (tertiary/aromatic N) is 2. The fourth-order valence-corrected chi connectivity index (χ4v) is 2.79. The van der Waals surface area contributed by atoms with Crippen molar-refractivity contribution in [2.24, 2.45) is 0 Å². The van der Waals surface area contributed by atoms with Crippen LogP contribution >= 0.6 is 0 Å². The van der Waals surface area contributed by atoms with Gasteiger partial charge < -0.3 is 15.5 Å². The lowest BCUT2D eigenvalue weighted by Gasteiger charge is -2.20. The molecule has 0 unspecified atom stereocenters. The van der Waals surface area contributed by atoms with E-state index in [2.05, 4.69) is 10.6 Å². The average Bonchev–Trinajstić information content (AvgIpc) is 2.77. The molecule has 2 N–H and O–H groups in total. The Kier molecular flexibility index (Phi) is 3.99. The number of urea groups is 1. The van der Waals surface area contributed by atoms with E-state index in [0.29, 0.717) is 25.1 Å². The third-order valence-corrected chi connectivity index (χ3v) is 4.01. The van der Waals surface area contributed by atoms with Crippen LogP contribution in [0.2, 0.25) is 0 Å². The first-order valence-electron chi connectivity index (χ1n) is 7.33. The second-order valence-electron chi connectivity index (χ2n) is 5.66. The molecule has 2 aliphatic rings. The molecule has 1 aromatic rings. The molecule has 7 nitrogen and oxygen atoms in total. The number of fused-ring (bicyclic) bond motifs is 1. The van der Waals surface area contributed by atoms with E-state index < -0.39 is 30.2 Å². The van der Waals surface area contributed by atoms with Crippen LogP contribution in [-0.2, 0) is 22.6 Å². The van der Waals surface area contributed by atoms with Gasteiger partial charge in [-0.1, -0.05) is 6.07 Å². The third kappa shape index (κ3) is 2.89. The Labute approximate surface area is 132 Å². The Bertz CT molecular complexity index is 692. The Hall–Kier alpha value is -2.48. The van der Waals surface area contributed by atoms with Crippen molar-refractivity contribution in [1.29, 1.82) is 0 Å². The molecule has 0 aliphatic carbocycles. The molecule has 0 radical (unpaired) electrons. The number of amides is 4. The molecule has 2 heterocycles. The maximum Gasteiger partial charge on any atom is 0.327 e. The number of halogens is 1. The van der Waals surface area contributed by atoms with Gasteiger partial charge in [-0.05, 0) is 30.2 Å². The van der Waals surface area contributed by atoms with E-state index in [1.165, 1.54) is 18.0 Å². The van der Waals surface area contributed by atoms with E-state index in [0.717, 1.165) is 10.5 Å². The molecule has 122 valence electrons. The van der Waals surface area contributed by atoms with E-state index in [-0.39, 0.29) is 12.2 Å². The number of anilines is 1. The molecule has 3 rings (SSSR count). The van der Waals surface area contributed by atoms with Gasteiger partial charge in [0.25, 0.3) is 5.91 Å². The van der Waals surface area contributed by atoms with Crippen LogP contribution in [0.3, 0.4) is 0 Å². The van der Waals surface area contributed by atoms with Gasteiger partial charge in [-0.25, -0.2) is 9.18 Å². The second-order valence-corrected chi connectivity index (χ2v) is 5.66. The molecule has 23 heavy (non-hydrogen) atoms. The molecule has 1 aromatic carbocycles. The second kappa shape index (κ2) is 5.96. The zero-order chi connectivity index (χ0) is 16.6. The lowest BCUT2D eigenvalue weighted by Crippen LogP contribution is -2.38. The topological polar surface area (TPSA) is 81.8 Å². The Morgan fingerprint density at radius 3 is 2.87 bits per heavy atom. The zero-order valence-electron chi connectivity index (χ0n) is 12.7. The molecule has 0 saturated carbocycles. The van der Waals surface area contributed by atoms with Crippen LogP contribution in [0.5, 0.6) is 0 Å². The Morgan fingerprint density at radius 2 is 2.17 bits per heavy atom. The summed E-state index contributed by atoms with van der Waals surface area (Å²) in [6.07, 6.45) is 0.554. The van der Waals surface area contributed by atoms with E-state index in [1.54, 1.807) is 6.07 Å². The van der Waals surface area contributed by atoms with Crippen LogP contribution in [0.25, 0.3) is 0 Å². The van der Waals surface area contributed by atoms with Crippen molar-refractivity contribution in [3.63, 3.8) is 0 Å². The summed E-state index contributed by atoms with van der Waals surface area (Å²) in [4.78, 5) is 37.5. The van der Waals surface area contributed by atoms with Crippen molar-refractivity contribution in [1.82, 2.24) is 15.1 Å². The van der Waals surface area contributed by atoms with Gasteiger partial charge in [0.2, 0.25) is 5.91 Å².